The molecule has 0 saturated carbocycles. The van der Waals surface area contributed by atoms with Crippen LogP contribution in [0.2, 0.25) is 0 Å². The maximum atomic E-state index is 13.2. The first-order valence-electron chi connectivity index (χ1n) is 8.74. The molecule has 5 nitrogen and oxygen atoms in total. The number of hydrogen-bond donors (Lipinski definition) is 1. The summed E-state index contributed by atoms with van der Waals surface area (Å²) < 4.78 is 31.9. The van der Waals surface area contributed by atoms with Crippen LogP contribution in [0.4, 0.5) is 14.5 Å². The molecule has 27 heavy (non-hydrogen) atoms. The zero-order valence-corrected chi connectivity index (χ0v) is 14.7. The van der Waals surface area contributed by atoms with Gasteiger partial charge in [-0.3, -0.25) is 9.59 Å². The summed E-state index contributed by atoms with van der Waals surface area (Å²) in [6, 6.07) is 12.0. The first kappa shape index (κ1) is 18.8. The number of rotatable bonds is 5. The van der Waals surface area contributed by atoms with Crippen LogP contribution >= 0.6 is 0 Å². The highest BCUT2D eigenvalue weighted by Crippen LogP contribution is 2.21. The van der Waals surface area contributed by atoms with Crippen LogP contribution in [0.5, 0.6) is 5.75 Å². The Balaban J connectivity index is 1.46. The Morgan fingerprint density at radius 3 is 2.30 bits per heavy atom. The van der Waals surface area contributed by atoms with Crippen molar-refractivity contribution in [2.75, 3.05) is 25.0 Å². The Kier molecular flexibility index (Phi) is 6.01. The summed E-state index contributed by atoms with van der Waals surface area (Å²) in [6.07, 6.45) is 0.974. The summed E-state index contributed by atoms with van der Waals surface area (Å²) in [5.41, 5.74) is 0.0901. The number of para-hydroxylation sites is 1. The zero-order chi connectivity index (χ0) is 19.2. The van der Waals surface area contributed by atoms with Crippen LogP contribution in [-0.2, 0) is 9.59 Å². The number of ether oxygens (including phenoxy) is 1. The predicted molar refractivity (Wildman–Crippen MR) is 96.2 cm³/mol. The smallest absolute Gasteiger partial charge is 0.260 e. The Morgan fingerprint density at radius 1 is 1.04 bits per heavy atom. The van der Waals surface area contributed by atoms with Crippen LogP contribution < -0.4 is 10.1 Å². The fraction of sp³-hybridized carbons (Fsp3) is 0.300. The van der Waals surface area contributed by atoms with Gasteiger partial charge in [-0.05, 0) is 37.1 Å². The molecule has 3 rings (SSSR count). The summed E-state index contributed by atoms with van der Waals surface area (Å²) in [5.74, 6) is -1.61. The first-order chi connectivity index (χ1) is 13.0. The lowest BCUT2D eigenvalue weighted by atomic mass is 9.95. The fourth-order valence-electron chi connectivity index (χ4n) is 3.01. The Morgan fingerprint density at radius 2 is 1.67 bits per heavy atom. The molecule has 2 amide bonds. The van der Waals surface area contributed by atoms with Gasteiger partial charge in [-0.25, -0.2) is 8.78 Å². The second-order valence-electron chi connectivity index (χ2n) is 6.40. The largest absolute Gasteiger partial charge is 0.484 e. The van der Waals surface area contributed by atoms with Crippen molar-refractivity contribution in [2.24, 2.45) is 5.92 Å². The third kappa shape index (κ3) is 5.26. The number of benzene rings is 2. The van der Waals surface area contributed by atoms with Crippen LogP contribution in [0.3, 0.4) is 0 Å². The number of amides is 2. The molecule has 0 bridgehead atoms. The van der Waals surface area contributed by atoms with E-state index < -0.39 is 11.6 Å². The van der Waals surface area contributed by atoms with Crippen molar-refractivity contribution < 1.29 is 23.1 Å². The molecule has 0 atom stereocenters. The van der Waals surface area contributed by atoms with Crippen molar-refractivity contribution >= 4 is 17.5 Å². The molecular formula is C20H20F2N2O3. The van der Waals surface area contributed by atoms with Gasteiger partial charge in [0.25, 0.3) is 5.91 Å². The zero-order valence-electron chi connectivity index (χ0n) is 14.7. The topological polar surface area (TPSA) is 58.6 Å². The molecule has 1 aliphatic heterocycles. The van der Waals surface area contributed by atoms with E-state index in [1.54, 1.807) is 17.0 Å². The number of carbonyl (C=O) groups is 2. The number of halogens is 2. The maximum Gasteiger partial charge on any atom is 0.260 e. The summed E-state index contributed by atoms with van der Waals surface area (Å²) in [7, 11) is 0. The van der Waals surface area contributed by atoms with Crippen LogP contribution in [0.15, 0.2) is 48.5 Å². The Hall–Kier alpha value is -2.96. The second kappa shape index (κ2) is 8.62. The summed E-state index contributed by atoms with van der Waals surface area (Å²) in [4.78, 5) is 26.2. The van der Waals surface area contributed by atoms with E-state index in [4.69, 9.17) is 4.74 Å². The number of likely N-dealkylation sites (tertiary alicyclic amines) is 1. The van der Waals surface area contributed by atoms with Crippen LogP contribution in [0.1, 0.15) is 12.8 Å². The maximum absolute atomic E-state index is 13.2. The van der Waals surface area contributed by atoms with Crippen molar-refractivity contribution in [1.82, 2.24) is 4.90 Å². The molecule has 7 heteroatoms. The van der Waals surface area contributed by atoms with Crippen molar-refractivity contribution in [3.63, 3.8) is 0 Å². The molecule has 1 N–H and O–H groups in total. The number of carbonyl (C=O) groups excluding carboxylic acids is 2. The van der Waals surface area contributed by atoms with E-state index in [1.165, 1.54) is 0 Å². The van der Waals surface area contributed by atoms with Gasteiger partial charge in [-0.2, -0.15) is 0 Å². The van der Waals surface area contributed by atoms with Crippen molar-refractivity contribution in [3.8, 4) is 5.75 Å². The third-order valence-electron chi connectivity index (χ3n) is 4.45. The number of nitrogens with zero attached hydrogens (tertiary/aromatic N) is 1. The van der Waals surface area contributed by atoms with Gasteiger partial charge in [0.1, 0.15) is 17.4 Å². The van der Waals surface area contributed by atoms with Crippen molar-refractivity contribution in [2.45, 2.75) is 12.8 Å². The highest BCUT2D eigenvalue weighted by atomic mass is 19.1. The van der Waals surface area contributed by atoms with Crippen LogP contribution in [0, 0.1) is 17.6 Å². The number of piperidine rings is 1. The van der Waals surface area contributed by atoms with E-state index in [1.807, 2.05) is 18.2 Å². The molecule has 1 aliphatic rings. The van der Waals surface area contributed by atoms with E-state index in [0.29, 0.717) is 31.7 Å². The molecule has 0 aromatic heterocycles. The van der Waals surface area contributed by atoms with Gasteiger partial charge in [-0.15, -0.1) is 0 Å². The normalized spacial score (nSPS) is 14.7. The highest BCUT2D eigenvalue weighted by molar-refractivity contribution is 5.92. The molecule has 142 valence electrons. The molecule has 2 aromatic rings. The van der Waals surface area contributed by atoms with E-state index in [-0.39, 0.29) is 30.0 Å². The van der Waals surface area contributed by atoms with Gasteiger partial charge in [0.2, 0.25) is 5.91 Å². The van der Waals surface area contributed by atoms with Crippen molar-refractivity contribution in [1.29, 1.82) is 0 Å². The molecule has 1 heterocycles. The molecule has 0 unspecified atom stereocenters. The standard InChI is InChI=1S/C20H20F2N2O3/c21-15-10-16(22)12-17(11-15)23-20(26)14-6-8-24(9-7-14)19(25)13-27-18-4-2-1-3-5-18/h1-5,10-12,14H,6-9,13H2,(H,23,26). The van der Waals surface area contributed by atoms with Gasteiger partial charge in [-0.1, -0.05) is 18.2 Å². The molecular weight excluding hydrogens is 354 g/mol. The lowest BCUT2D eigenvalue weighted by molar-refractivity contribution is -0.136. The monoisotopic (exact) mass is 374 g/mol. The van der Waals surface area contributed by atoms with Crippen molar-refractivity contribution in [3.05, 3.63) is 60.2 Å². The molecule has 0 spiro atoms. The predicted octanol–water partition coefficient (Wildman–Crippen LogP) is 3.22. The van der Waals surface area contributed by atoms with Gasteiger partial charge in [0, 0.05) is 30.8 Å². The Labute approximate surface area is 155 Å². The van der Waals surface area contributed by atoms with E-state index in [2.05, 4.69) is 5.32 Å². The summed E-state index contributed by atoms with van der Waals surface area (Å²) in [5, 5.41) is 2.54. The van der Waals surface area contributed by atoms with Crippen LogP contribution in [-0.4, -0.2) is 36.4 Å². The quantitative estimate of drug-likeness (QED) is 0.874. The van der Waals surface area contributed by atoms with Gasteiger partial charge in [0.15, 0.2) is 6.61 Å². The Bertz CT molecular complexity index is 786. The number of nitrogens with one attached hydrogen (secondary N) is 1. The van der Waals surface area contributed by atoms with Gasteiger partial charge >= 0.3 is 0 Å². The second-order valence-corrected chi connectivity index (χ2v) is 6.40. The minimum absolute atomic E-state index is 0.0521. The minimum atomic E-state index is -0.746. The summed E-state index contributed by atoms with van der Waals surface area (Å²) >= 11 is 0. The average Bonchev–Trinajstić information content (AvgIpc) is 2.66. The van der Waals surface area contributed by atoms with Gasteiger partial charge < -0.3 is 15.0 Å². The van der Waals surface area contributed by atoms with Gasteiger partial charge in [0.05, 0.1) is 0 Å². The molecule has 1 fully saturated rings. The molecule has 1 saturated heterocycles. The third-order valence-corrected chi connectivity index (χ3v) is 4.45. The average molecular weight is 374 g/mol. The molecule has 0 aliphatic carbocycles. The van der Waals surface area contributed by atoms with E-state index in [9.17, 15) is 18.4 Å². The lowest BCUT2D eigenvalue weighted by Crippen LogP contribution is -2.43. The number of anilines is 1. The van der Waals surface area contributed by atoms with Crippen LogP contribution in [0.25, 0.3) is 0 Å². The molecule has 2 aromatic carbocycles. The number of hydrogen-bond acceptors (Lipinski definition) is 3. The first-order valence-corrected chi connectivity index (χ1v) is 8.74. The summed E-state index contributed by atoms with van der Waals surface area (Å²) in [6.45, 7) is 0.822. The highest BCUT2D eigenvalue weighted by Gasteiger charge is 2.27. The lowest BCUT2D eigenvalue weighted by Gasteiger charge is -2.31. The molecule has 0 radical (unpaired) electrons. The fourth-order valence-corrected chi connectivity index (χ4v) is 3.01. The van der Waals surface area contributed by atoms with E-state index in [0.717, 1.165) is 18.2 Å². The SMILES string of the molecule is O=C(Nc1cc(F)cc(F)c1)C1CCN(C(=O)COc2ccccc2)CC1. The minimum Gasteiger partial charge on any atom is -0.484 e. The van der Waals surface area contributed by atoms with E-state index >= 15 is 0 Å².